The van der Waals surface area contributed by atoms with Gasteiger partial charge in [-0.25, -0.2) is 0 Å². The van der Waals surface area contributed by atoms with Gasteiger partial charge in [0.2, 0.25) is 0 Å². The van der Waals surface area contributed by atoms with E-state index in [1.807, 2.05) is 0 Å². The van der Waals surface area contributed by atoms with E-state index in [4.69, 9.17) is 4.42 Å². The maximum absolute atomic E-state index is 12.5. The Hall–Kier alpha value is -2.96. The van der Waals surface area contributed by atoms with Crippen LogP contribution in [0.3, 0.4) is 0 Å². The molecule has 0 fully saturated rings. The van der Waals surface area contributed by atoms with Crippen LogP contribution in [-0.4, -0.2) is 5.11 Å². The molecule has 0 amide bonds. The number of fused-ring (bicyclic) bond motifs is 1. The van der Waals surface area contributed by atoms with Gasteiger partial charge in [0.1, 0.15) is 11.3 Å². The Morgan fingerprint density at radius 3 is 2.46 bits per heavy atom. The van der Waals surface area contributed by atoms with Crippen molar-refractivity contribution in [1.29, 1.82) is 0 Å². The van der Waals surface area contributed by atoms with Crippen molar-refractivity contribution in [1.82, 2.24) is 0 Å². The maximum atomic E-state index is 12.5. The number of benzene rings is 2. The molecule has 7 heteroatoms. The molecule has 0 unspecified atom stereocenters. The summed E-state index contributed by atoms with van der Waals surface area (Å²) in [6.07, 6.45) is -3.12. The van der Waals surface area contributed by atoms with Crippen LogP contribution in [-0.2, 0) is 12.7 Å². The molecule has 0 aliphatic heterocycles. The van der Waals surface area contributed by atoms with Crippen molar-refractivity contribution in [3.8, 4) is 5.75 Å². The summed E-state index contributed by atoms with van der Waals surface area (Å²) in [7, 11) is 0. The molecule has 0 bridgehead atoms. The van der Waals surface area contributed by atoms with Crippen LogP contribution in [0.2, 0.25) is 0 Å². The van der Waals surface area contributed by atoms with Crippen LogP contribution in [0.5, 0.6) is 5.75 Å². The molecule has 3 aromatic rings. The minimum atomic E-state index is -4.39. The first-order valence-corrected chi connectivity index (χ1v) is 6.99. The lowest BCUT2D eigenvalue weighted by molar-refractivity contribution is -0.137. The van der Waals surface area contributed by atoms with Crippen molar-refractivity contribution in [2.24, 2.45) is 0 Å². The zero-order valence-corrected chi connectivity index (χ0v) is 12.2. The summed E-state index contributed by atoms with van der Waals surface area (Å²) < 4.78 is 42.8. The maximum Gasteiger partial charge on any atom is 0.416 e. The van der Waals surface area contributed by atoms with Gasteiger partial charge in [-0.3, -0.25) is 4.79 Å². The van der Waals surface area contributed by atoms with Gasteiger partial charge in [-0.15, -0.1) is 0 Å². The van der Waals surface area contributed by atoms with Gasteiger partial charge >= 0.3 is 6.18 Å². The molecular weight excluding hydrogens is 323 g/mol. The van der Waals surface area contributed by atoms with E-state index in [1.165, 1.54) is 36.6 Å². The molecular formula is C17H12F3NO3. The largest absolute Gasteiger partial charge is 0.508 e. The van der Waals surface area contributed by atoms with Gasteiger partial charge in [0, 0.05) is 18.3 Å². The number of alkyl halides is 3. The molecule has 0 aliphatic carbocycles. The summed E-state index contributed by atoms with van der Waals surface area (Å²) in [4.78, 5) is 12.3. The quantitative estimate of drug-likeness (QED) is 0.755. The molecule has 2 N–H and O–H groups in total. The lowest BCUT2D eigenvalue weighted by Gasteiger charge is -2.09. The highest BCUT2D eigenvalue weighted by Crippen LogP contribution is 2.29. The second-order valence-corrected chi connectivity index (χ2v) is 5.20. The van der Waals surface area contributed by atoms with Crippen LogP contribution in [0.15, 0.2) is 57.9 Å². The third-order valence-corrected chi connectivity index (χ3v) is 3.52. The highest BCUT2D eigenvalue weighted by atomic mass is 19.4. The van der Waals surface area contributed by atoms with Crippen LogP contribution < -0.4 is 10.7 Å². The average Bonchev–Trinajstić information content (AvgIpc) is 2.54. The van der Waals surface area contributed by atoms with Crippen molar-refractivity contribution in [3.63, 3.8) is 0 Å². The third-order valence-electron chi connectivity index (χ3n) is 3.52. The number of nitrogens with one attached hydrogen (secondary N) is 1. The molecule has 0 aliphatic rings. The first-order chi connectivity index (χ1) is 11.3. The van der Waals surface area contributed by atoms with E-state index < -0.39 is 11.7 Å². The lowest BCUT2D eigenvalue weighted by atomic mass is 10.1. The molecule has 2 aromatic carbocycles. The Labute approximate surface area is 134 Å². The predicted molar refractivity (Wildman–Crippen MR) is 82.9 cm³/mol. The Kier molecular flexibility index (Phi) is 3.92. The minimum absolute atomic E-state index is 0.0127. The summed E-state index contributed by atoms with van der Waals surface area (Å²) in [5.41, 5.74) is 0.0355. The van der Waals surface area contributed by atoms with E-state index in [2.05, 4.69) is 5.32 Å². The summed E-state index contributed by atoms with van der Waals surface area (Å²) in [5, 5.41) is 12.6. The highest BCUT2D eigenvalue weighted by molar-refractivity contribution is 5.78. The van der Waals surface area contributed by atoms with Crippen molar-refractivity contribution in [3.05, 3.63) is 70.1 Å². The number of aromatic hydroxyl groups is 1. The molecule has 3 rings (SSSR count). The van der Waals surface area contributed by atoms with Gasteiger partial charge in [-0.2, -0.15) is 13.2 Å². The molecule has 0 atom stereocenters. The normalized spacial score (nSPS) is 11.6. The lowest BCUT2D eigenvalue weighted by Crippen LogP contribution is -2.13. The minimum Gasteiger partial charge on any atom is -0.508 e. The SMILES string of the molecule is O=c1c(CNc2ccc(C(F)(F)F)cc2)coc2cc(O)ccc12. The van der Waals surface area contributed by atoms with E-state index >= 15 is 0 Å². The molecule has 1 aromatic heterocycles. The fraction of sp³-hybridized carbons (Fsp3) is 0.118. The molecule has 0 saturated heterocycles. The zero-order chi connectivity index (χ0) is 17.3. The van der Waals surface area contributed by atoms with Crippen molar-refractivity contribution < 1.29 is 22.7 Å². The summed E-state index contributed by atoms with van der Waals surface area (Å²) in [5.74, 6) is -0.0127. The van der Waals surface area contributed by atoms with E-state index in [-0.39, 0.29) is 23.3 Å². The standard InChI is InChI=1S/C17H12F3NO3/c18-17(19,20)11-1-3-12(4-2-11)21-8-10-9-24-15-7-13(22)5-6-14(15)16(10)23/h1-7,9,21-22H,8H2. The third kappa shape index (κ3) is 3.19. The first kappa shape index (κ1) is 15.9. The average molecular weight is 335 g/mol. The number of phenols is 1. The number of hydrogen-bond donors (Lipinski definition) is 2. The summed E-state index contributed by atoms with van der Waals surface area (Å²) >= 11 is 0. The molecule has 0 spiro atoms. The topological polar surface area (TPSA) is 62.5 Å². The van der Waals surface area contributed by atoms with E-state index in [9.17, 15) is 23.1 Å². The predicted octanol–water partition coefficient (Wildman–Crippen LogP) is 4.13. The molecule has 24 heavy (non-hydrogen) atoms. The van der Waals surface area contributed by atoms with Crippen LogP contribution in [0.25, 0.3) is 11.0 Å². The van der Waals surface area contributed by atoms with Crippen LogP contribution in [0.4, 0.5) is 18.9 Å². The van der Waals surface area contributed by atoms with E-state index in [0.29, 0.717) is 16.6 Å². The monoisotopic (exact) mass is 335 g/mol. The molecule has 1 heterocycles. The van der Waals surface area contributed by atoms with Crippen LogP contribution in [0, 0.1) is 0 Å². The number of anilines is 1. The smallest absolute Gasteiger partial charge is 0.416 e. The summed E-state index contributed by atoms with van der Waals surface area (Å²) in [6, 6.07) is 8.70. The Bertz CT molecular complexity index is 930. The van der Waals surface area contributed by atoms with Crippen molar-refractivity contribution >= 4 is 16.7 Å². The number of phenolic OH excluding ortho intramolecular Hbond substituents is 1. The number of hydrogen-bond acceptors (Lipinski definition) is 4. The Morgan fingerprint density at radius 1 is 1.08 bits per heavy atom. The Balaban J connectivity index is 1.80. The van der Waals surface area contributed by atoms with E-state index in [1.54, 1.807) is 0 Å². The van der Waals surface area contributed by atoms with Crippen molar-refractivity contribution in [2.45, 2.75) is 12.7 Å². The van der Waals surface area contributed by atoms with Gasteiger partial charge < -0.3 is 14.8 Å². The molecule has 124 valence electrons. The fourth-order valence-electron chi connectivity index (χ4n) is 2.25. The number of rotatable bonds is 3. The van der Waals surface area contributed by atoms with Gasteiger partial charge in [0.25, 0.3) is 0 Å². The fourth-order valence-corrected chi connectivity index (χ4v) is 2.25. The number of halogens is 3. The van der Waals surface area contributed by atoms with Crippen molar-refractivity contribution in [2.75, 3.05) is 5.32 Å². The molecule has 0 radical (unpaired) electrons. The zero-order valence-electron chi connectivity index (χ0n) is 12.2. The van der Waals surface area contributed by atoms with Gasteiger partial charge in [0.05, 0.1) is 22.8 Å². The molecule has 4 nitrogen and oxygen atoms in total. The first-order valence-electron chi connectivity index (χ1n) is 6.99. The van der Waals surface area contributed by atoms with Crippen LogP contribution >= 0.6 is 0 Å². The highest BCUT2D eigenvalue weighted by Gasteiger charge is 2.29. The van der Waals surface area contributed by atoms with E-state index in [0.717, 1.165) is 12.1 Å². The second kappa shape index (κ2) is 5.92. The van der Waals surface area contributed by atoms with Crippen LogP contribution in [0.1, 0.15) is 11.1 Å². The molecule has 0 saturated carbocycles. The van der Waals surface area contributed by atoms with Gasteiger partial charge in [-0.05, 0) is 36.4 Å². The second-order valence-electron chi connectivity index (χ2n) is 5.20. The summed E-state index contributed by atoms with van der Waals surface area (Å²) in [6.45, 7) is 0.102. The van der Waals surface area contributed by atoms with Gasteiger partial charge in [-0.1, -0.05) is 0 Å². The van der Waals surface area contributed by atoms with Gasteiger partial charge in [0.15, 0.2) is 5.43 Å². The Morgan fingerprint density at radius 2 is 1.79 bits per heavy atom.